The molecule has 0 aliphatic heterocycles. The molecule has 0 unspecified atom stereocenters. The highest BCUT2D eigenvalue weighted by molar-refractivity contribution is 6.17. The van der Waals surface area contributed by atoms with Crippen molar-refractivity contribution in [2.75, 3.05) is 5.88 Å². The maximum absolute atomic E-state index is 7.96. The minimum absolute atomic E-state index is 0.580. The van der Waals surface area contributed by atoms with Gasteiger partial charge in [-0.05, 0) is 12.5 Å². The van der Waals surface area contributed by atoms with Gasteiger partial charge in [0.25, 0.3) is 0 Å². The Morgan fingerprint density at radius 1 is 1.67 bits per heavy atom. The van der Waals surface area contributed by atoms with Gasteiger partial charge in [-0.3, -0.25) is 0 Å². The van der Waals surface area contributed by atoms with E-state index in [1.165, 1.54) is 0 Å². The van der Waals surface area contributed by atoms with Gasteiger partial charge in [0, 0.05) is 5.88 Å². The third-order valence-electron chi connectivity index (χ3n) is 0.381. The topological polar surface area (TPSA) is 20.2 Å². The van der Waals surface area contributed by atoms with Crippen molar-refractivity contribution in [1.29, 1.82) is 0 Å². The summed E-state index contributed by atoms with van der Waals surface area (Å²) in [6.45, 7) is 0. The molecule has 0 fully saturated rings. The van der Waals surface area contributed by atoms with Gasteiger partial charge in [-0.1, -0.05) is 0 Å². The molecule has 0 radical (unpaired) electrons. The summed E-state index contributed by atoms with van der Waals surface area (Å²) in [7, 11) is 0. The third kappa shape index (κ3) is 3.83. The van der Waals surface area contributed by atoms with E-state index in [1.807, 2.05) is 0 Å². The van der Waals surface area contributed by atoms with E-state index in [0.717, 1.165) is 12.7 Å². The minimum atomic E-state index is 0.580. The number of allylic oxidation sites excluding steroid dienone is 1. The second kappa shape index (κ2) is 4.83. The summed E-state index contributed by atoms with van der Waals surface area (Å²) < 4.78 is 0. The largest absolute Gasteiger partial charge is 0.516 e. The average molecular weight is 107 g/mol. The Labute approximate surface area is 42.2 Å². The van der Waals surface area contributed by atoms with Gasteiger partial charge >= 0.3 is 0 Å². The molecule has 6 heavy (non-hydrogen) atoms. The number of rotatable bonds is 2. The fraction of sp³-hybridized carbons (Fsp3) is 0.500. The van der Waals surface area contributed by atoms with Crippen molar-refractivity contribution in [2.24, 2.45) is 0 Å². The van der Waals surface area contributed by atoms with Crippen molar-refractivity contribution in [3.8, 4) is 0 Å². The van der Waals surface area contributed by atoms with E-state index >= 15 is 0 Å². The van der Waals surface area contributed by atoms with Crippen LogP contribution in [0.25, 0.3) is 0 Å². The highest BCUT2D eigenvalue weighted by Crippen LogP contribution is 1.82. The summed E-state index contributed by atoms with van der Waals surface area (Å²) >= 11 is 5.22. The molecule has 0 rings (SSSR count). The summed E-state index contributed by atoms with van der Waals surface area (Å²) in [6, 6.07) is 0. The molecule has 0 atom stereocenters. The summed E-state index contributed by atoms with van der Waals surface area (Å²) in [5.74, 6) is 0.580. The van der Waals surface area contributed by atoms with Crippen LogP contribution < -0.4 is 0 Å². The van der Waals surface area contributed by atoms with Crippen LogP contribution in [0.2, 0.25) is 0 Å². The Kier molecular flexibility index (Phi) is 4.69. The molecule has 0 spiro atoms. The lowest BCUT2D eigenvalue weighted by atomic mass is 10.5. The second-order valence-corrected chi connectivity index (χ2v) is 1.24. The molecule has 0 amide bonds. The van der Waals surface area contributed by atoms with Gasteiger partial charge in [0.05, 0.1) is 6.26 Å². The predicted molar refractivity (Wildman–Crippen MR) is 27.1 cm³/mol. The fourth-order valence-corrected chi connectivity index (χ4v) is 0.264. The summed E-state index contributed by atoms with van der Waals surface area (Å²) in [4.78, 5) is 0. The van der Waals surface area contributed by atoms with Gasteiger partial charge < -0.3 is 5.11 Å². The van der Waals surface area contributed by atoms with Crippen molar-refractivity contribution in [2.45, 2.75) is 6.42 Å². The molecule has 1 N–H and O–H groups in total. The standard InChI is InChI=1S/C4H7ClO/c5-3-1-2-4-6/h2,4,6H,1,3H2. The summed E-state index contributed by atoms with van der Waals surface area (Å²) in [5.41, 5.74) is 0. The Morgan fingerprint density at radius 2 is 2.33 bits per heavy atom. The normalized spacial score (nSPS) is 10.2. The lowest BCUT2D eigenvalue weighted by Crippen LogP contribution is -1.63. The number of alkyl halides is 1. The average Bonchev–Trinajstić information content (AvgIpc) is 1.61. The van der Waals surface area contributed by atoms with E-state index in [0.29, 0.717) is 5.88 Å². The molecule has 0 aromatic rings. The van der Waals surface area contributed by atoms with Gasteiger partial charge in [0.2, 0.25) is 0 Å². The maximum Gasteiger partial charge on any atom is 0.0752 e. The molecular formula is C4H7ClO. The molecule has 0 aromatic heterocycles. The van der Waals surface area contributed by atoms with E-state index < -0.39 is 0 Å². The van der Waals surface area contributed by atoms with E-state index in [2.05, 4.69) is 0 Å². The fourth-order valence-electron chi connectivity index (χ4n) is 0.138. The molecule has 0 bridgehead atoms. The van der Waals surface area contributed by atoms with Gasteiger partial charge in [-0.25, -0.2) is 0 Å². The lowest BCUT2D eigenvalue weighted by molar-refractivity contribution is 0.471. The zero-order chi connectivity index (χ0) is 4.83. The Morgan fingerprint density at radius 3 is 2.50 bits per heavy atom. The van der Waals surface area contributed by atoms with Gasteiger partial charge in [-0.15, -0.1) is 11.6 Å². The zero-order valence-corrected chi connectivity index (χ0v) is 4.15. The third-order valence-corrected chi connectivity index (χ3v) is 0.599. The number of aliphatic hydroxyl groups is 1. The molecule has 2 heteroatoms. The Hall–Kier alpha value is -0.170. The first-order valence-corrected chi connectivity index (χ1v) is 2.30. The van der Waals surface area contributed by atoms with Crippen LogP contribution in [-0.2, 0) is 0 Å². The Bertz CT molecular complexity index is 42.8. The van der Waals surface area contributed by atoms with Crippen molar-refractivity contribution in [3.63, 3.8) is 0 Å². The molecule has 1 nitrogen and oxygen atoms in total. The van der Waals surface area contributed by atoms with Crippen LogP contribution in [0.15, 0.2) is 12.3 Å². The summed E-state index contributed by atoms with van der Waals surface area (Å²) in [6.07, 6.45) is 3.35. The van der Waals surface area contributed by atoms with Crippen LogP contribution >= 0.6 is 11.6 Å². The van der Waals surface area contributed by atoms with E-state index in [4.69, 9.17) is 16.7 Å². The van der Waals surface area contributed by atoms with Crippen molar-refractivity contribution in [1.82, 2.24) is 0 Å². The van der Waals surface area contributed by atoms with Crippen LogP contribution in [-0.4, -0.2) is 11.0 Å². The van der Waals surface area contributed by atoms with E-state index in [-0.39, 0.29) is 0 Å². The van der Waals surface area contributed by atoms with Crippen molar-refractivity contribution >= 4 is 11.6 Å². The lowest BCUT2D eigenvalue weighted by Gasteiger charge is -1.74. The van der Waals surface area contributed by atoms with Crippen LogP contribution in [0.4, 0.5) is 0 Å². The number of halogens is 1. The smallest absolute Gasteiger partial charge is 0.0752 e. The maximum atomic E-state index is 7.96. The van der Waals surface area contributed by atoms with Crippen molar-refractivity contribution < 1.29 is 5.11 Å². The van der Waals surface area contributed by atoms with Crippen LogP contribution in [0.3, 0.4) is 0 Å². The van der Waals surface area contributed by atoms with Crippen LogP contribution in [0, 0.1) is 0 Å². The number of hydrogen-bond acceptors (Lipinski definition) is 1. The molecule has 0 aromatic carbocycles. The van der Waals surface area contributed by atoms with Gasteiger partial charge in [0.15, 0.2) is 0 Å². The van der Waals surface area contributed by atoms with Crippen LogP contribution in [0.5, 0.6) is 0 Å². The highest BCUT2D eigenvalue weighted by Gasteiger charge is 1.68. The van der Waals surface area contributed by atoms with Crippen LogP contribution in [0.1, 0.15) is 6.42 Å². The molecule has 36 valence electrons. The predicted octanol–water partition coefficient (Wildman–Crippen LogP) is 1.69. The first kappa shape index (κ1) is 5.83. The first-order chi connectivity index (χ1) is 2.91. The first-order valence-electron chi connectivity index (χ1n) is 1.77. The highest BCUT2D eigenvalue weighted by atomic mass is 35.5. The van der Waals surface area contributed by atoms with E-state index in [1.54, 1.807) is 6.08 Å². The van der Waals surface area contributed by atoms with E-state index in [9.17, 15) is 0 Å². The Balaban J connectivity index is 2.66. The molecule has 0 saturated heterocycles. The zero-order valence-electron chi connectivity index (χ0n) is 3.39. The minimum Gasteiger partial charge on any atom is -0.516 e. The molecule has 0 aliphatic rings. The van der Waals surface area contributed by atoms with Gasteiger partial charge in [-0.2, -0.15) is 0 Å². The number of aliphatic hydroxyl groups excluding tert-OH is 1. The molecule has 0 aliphatic carbocycles. The molecular weight excluding hydrogens is 99.5 g/mol. The van der Waals surface area contributed by atoms with Gasteiger partial charge in [0.1, 0.15) is 0 Å². The SMILES string of the molecule is OC=CCCCl. The van der Waals surface area contributed by atoms with Crippen molar-refractivity contribution in [3.05, 3.63) is 12.3 Å². The summed E-state index contributed by atoms with van der Waals surface area (Å²) in [5, 5.41) is 7.96. The quantitative estimate of drug-likeness (QED) is 0.420. The molecule has 0 saturated carbocycles. The second-order valence-electron chi connectivity index (χ2n) is 0.862. The molecule has 0 heterocycles. The number of hydrogen-bond donors (Lipinski definition) is 1. The monoisotopic (exact) mass is 106 g/mol.